The zero-order valence-electron chi connectivity index (χ0n) is 12.2. The van der Waals surface area contributed by atoms with Gasteiger partial charge in [0.1, 0.15) is 5.82 Å². The van der Waals surface area contributed by atoms with Gasteiger partial charge in [0.2, 0.25) is 5.91 Å². The van der Waals surface area contributed by atoms with Crippen molar-refractivity contribution in [1.29, 1.82) is 0 Å². The summed E-state index contributed by atoms with van der Waals surface area (Å²) in [6.45, 7) is 1.95. The van der Waals surface area contributed by atoms with Gasteiger partial charge in [-0.1, -0.05) is 12.1 Å². The molecule has 0 aliphatic carbocycles. The average molecular weight is 300 g/mol. The largest absolute Gasteiger partial charge is 0.385 e. The summed E-state index contributed by atoms with van der Waals surface area (Å²) >= 11 is 0. The zero-order chi connectivity index (χ0) is 15.9. The Morgan fingerprint density at radius 2 is 1.77 bits per heavy atom. The molecule has 2 aromatic carbocycles. The molecule has 0 aliphatic rings. The minimum absolute atomic E-state index is 0.00213. The Bertz CT molecular complexity index is 669. The molecule has 2 rings (SSSR count). The average Bonchev–Trinajstić information content (AvgIpc) is 2.50. The van der Waals surface area contributed by atoms with Crippen molar-refractivity contribution >= 4 is 23.1 Å². The van der Waals surface area contributed by atoms with E-state index in [0.717, 1.165) is 5.69 Å². The second-order valence-corrected chi connectivity index (χ2v) is 4.87. The molecule has 22 heavy (non-hydrogen) atoms. The van der Waals surface area contributed by atoms with Gasteiger partial charge in [-0.15, -0.1) is 0 Å². The Balaban J connectivity index is 1.80. The van der Waals surface area contributed by atoms with Crippen molar-refractivity contribution in [2.45, 2.75) is 13.3 Å². The fraction of sp³-hybridized carbons (Fsp3) is 0.176. The first-order chi connectivity index (χ1) is 10.5. The number of carbonyl (C=O) groups excluding carboxylic acids is 2. The topological polar surface area (TPSA) is 58.2 Å². The number of amides is 1. The molecule has 0 saturated carbocycles. The second-order valence-electron chi connectivity index (χ2n) is 4.87. The monoisotopic (exact) mass is 300 g/mol. The molecule has 2 N–H and O–H groups in total. The lowest BCUT2D eigenvalue weighted by molar-refractivity contribution is -0.115. The van der Waals surface area contributed by atoms with Crippen molar-refractivity contribution < 1.29 is 14.0 Å². The van der Waals surface area contributed by atoms with Crippen molar-refractivity contribution in [2.24, 2.45) is 0 Å². The Morgan fingerprint density at radius 1 is 1.05 bits per heavy atom. The van der Waals surface area contributed by atoms with E-state index in [4.69, 9.17) is 0 Å². The number of hydrogen-bond acceptors (Lipinski definition) is 3. The van der Waals surface area contributed by atoms with Gasteiger partial charge in [-0.2, -0.15) is 0 Å². The van der Waals surface area contributed by atoms with Gasteiger partial charge in [-0.25, -0.2) is 4.39 Å². The summed E-state index contributed by atoms with van der Waals surface area (Å²) < 4.78 is 12.8. The van der Waals surface area contributed by atoms with Crippen LogP contribution in [0.3, 0.4) is 0 Å². The van der Waals surface area contributed by atoms with Crippen molar-refractivity contribution in [2.75, 3.05) is 17.2 Å². The van der Waals surface area contributed by atoms with Crippen molar-refractivity contribution in [3.05, 3.63) is 59.9 Å². The third-order valence-corrected chi connectivity index (χ3v) is 3.08. The van der Waals surface area contributed by atoms with Gasteiger partial charge < -0.3 is 10.6 Å². The summed E-state index contributed by atoms with van der Waals surface area (Å²) in [5.41, 5.74) is 1.98. The summed E-state index contributed by atoms with van der Waals surface area (Å²) in [5.74, 6) is -0.510. The molecule has 4 nitrogen and oxygen atoms in total. The summed E-state index contributed by atoms with van der Waals surface area (Å²) in [4.78, 5) is 23.1. The minimum Gasteiger partial charge on any atom is -0.385 e. The van der Waals surface area contributed by atoms with Crippen LogP contribution in [0.25, 0.3) is 0 Å². The van der Waals surface area contributed by atoms with Gasteiger partial charge in [0.25, 0.3) is 0 Å². The van der Waals surface area contributed by atoms with E-state index < -0.39 is 0 Å². The Morgan fingerprint density at radius 3 is 2.45 bits per heavy atom. The third-order valence-electron chi connectivity index (χ3n) is 3.08. The molecule has 0 spiro atoms. The Kier molecular flexibility index (Phi) is 5.25. The first-order valence-corrected chi connectivity index (χ1v) is 6.95. The molecule has 0 bridgehead atoms. The number of rotatable bonds is 6. The van der Waals surface area contributed by atoms with Crippen LogP contribution in [-0.2, 0) is 4.79 Å². The Hall–Kier alpha value is -2.69. The maximum atomic E-state index is 12.8. The van der Waals surface area contributed by atoms with Crippen LogP contribution in [0.2, 0.25) is 0 Å². The van der Waals surface area contributed by atoms with E-state index in [1.165, 1.54) is 31.2 Å². The lowest BCUT2D eigenvalue weighted by Gasteiger charge is -2.08. The lowest BCUT2D eigenvalue weighted by atomic mass is 10.1. The maximum Gasteiger partial charge on any atom is 0.226 e. The molecule has 0 atom stereocenters. The zero-order valence-corrected chi connectivity index (χ0v) is 12.2. The number of carbonyl (C=O) groups is 2. The first kappa shape index (κ1) is 15.7. The van der Waals surface area contributed by atoms with E-state index in [1.807, 2.05) is 6.07 Å². The number of anilines is 2. The van der Waals surface area contributed by atoms with Crippen molar-refractivity contribution in [3.63, 3.8) is 0 Å². The molecular weight excluding hydrogens is 283 g/mol. The molecule has 0 saturated heterocycles. The summed E-state index contributed by atoms with van der Waals surface area (Å²) in [6, 6.07) is 12.7. The van der Waals surface area contributed by atoms with E-state index in [0.29, 0.717) is 17.8 Å². The smallest absolute Gasteiger partial charge is 0.226 e. The standard InChI is InChI=1S/C17H17FN2O2/c1-12(21)13-3-2-4-16(11-13)19-10-9-17(22)20-15-7-5-14(18)6-8-15/h2-8,11,19H,9-10H2,1H3,(H,20,22). The molecule has 0 aliphatic heterocycles. The highest BCUT2D eigenvalue weighted by molar-refractivity contribution is 5.95. The van der Waals surface area contributed by atoms with E-state index >= 15 is 0 Å². The quantitative estimate of drug-likeness (QED) is 0.803. The van der Waals surface area contributed by atoms with E-state index in [2.05, 4.69) is 10.6 Å². The van der Waals surface area contributed by atoms with Crippen LogP contribution >= 0.6 is 0 Å². The van der Waals surface area contributed by atoms with Gasteiger partial charge in [0.05, 0.1) is 0 Å². The van der Waals surface area contributed by atoms with Crippen molar-refractivity contribution in [3.8, 4) is 0 Å². The molecule has 0 heterocycles. The van der Waals surface area contributed by atoms with Crippen LogP contribution in [-0.4, -0.2) is 18.2 Å². The number of hydrogen-bond donors (Lipinski definition) is 2. The van der Waals surface area contributed by atoms with Gasteiger partial charge in [0.15, 0.2) is 5.78 Å². The number of ketones is 1. The highest BCUT2D eigenvalue weighted by Crippen LogP contribution is 2.12. The summed E-state index contributed by atoms with van der Waals surface area (Å²) in [5, 5.41) is 5.78. The second kappa shape index (κ2) is 7.36. The van der Waals surface area contributed by atoms with Gasteiger partial charge in [-0.05, 0) is 43.3 Å². The molecule has 2 aromatic rings. The van der Waals surface area contributed by atoms with Gasteiger partial charge >= 0.3 is 0 Å². The number of halogens is 1. The molecular formula is C17H17FN2O2. The Labute approximate surface area is 128 Å². The predicted molar refractivity (Wildman–Crippen MR) is 84.6 cm³/mol. The van der Waals surface area contributed by atoms with E-state index in [9.17, 15) is 14.0 Å². The predicted octanol–water partition coefficient (Wildman–Crippen LogP) is 3.47. The molecule has 0 aromatic heterocycles. The maximum absolute atomic E-state index is 12.8. The minimum atomic E-state index is -0.343. The molecule has 5 heteroatoms. The molecule has 0 fully saturated rings. The molecule has 0 unspecified atom stereocenters. The van der Waals surface area contributed by atoms with Crippen LogP contribution < -0.4 is 10.6 Å². The van der Waals surface area contributed by atoms with Crippen LogP contribution in [0.1, 0.15) is 23.7 Å². The molecule has 1 amide bonds. The highest BCUT2D eigenvalue weighted by Gasteiger charge is 2.04. The summed E-state index contributed by atoms with van der Waals surface area (Å²) in [6.07, 6.45) is 0.266. The van der Waals surface area contributed by atoms with Crippen molar-refractivity contribution in [1.82, 2.24) is 0 Å². The number of Topliss-reactive ketones (excluding diaryl/α,β-unsaturated/α-hetero) is 1. The van der Waals surface area contributed by atoms with Crippen LogP contribution in [0.5, 0.6) is 0 Å². The van der Waals surface area contributed by atoms with Gasteiger partial charge in [-0.3, -0.25) is 9.59 Å². The summed E-state index contributed by atoms with van der Waals surface area (Å²) in [7, 11) is 0. The highest BCUT2D eigenvalue weighted by atomic mass is 19.1. The van der Waals surface area contributed by atoms with E-state index in [-0.39, 0.29) is 23.9 Å². The third kappa shape index (κ3) is 4.70. The number of nitrogens with one attached hydrogen (secondary N) is 2. The van der Waals surface area contributed by atoms with Gasteiger partial charge in [0, 0.05) is 29.9 Å². The van der Waals surface area contributed by atoms with Crippen LogP contribution in [0, 0.1) is 5.82 Å². The number of benzene rings is 2. The lowest BCUT2D eigenvalue weighted by Crippen LogP contribution is -2.16. The van der Waals surface area contributed by atoms with Crippen LogP contribution in [0.15, 0.2) is 48.5 Å². The van der Waals surface area contributed by atoms with Crippen LogP contribution in [0.4, 0.5) is 15.8 Å². The fourth-order valence-corrected chi connectivity index (χ4v) is 1.93. The SMILES string of the molecule is CC(=O)c1cccc(NCCC(=O)Nc2ccc(F)cc2)c1. The normalized spacial score (nSPS) is 10.1. The molecule has 114 valence electrons. The first-order valence-electron chi connectivity index (χ1n) is 6.95. The molecule has 0 radical (unpaired) electrons. The fourth-order valence-electron chi connectivity index (χ4n) is 1.93. The van der Waals surface area contributed by atoms with E-state index in [1.54, 1.807) is 18.2 Å².